The molecule has 0 saturated carbocycles. The predicted molar refractivity (Wildman–Crippen MR) is 49.8 cm³/mol. The molecular formula is C9H7FN4O. The van der Waals surface area contributed by atoms with Crippen molar-refractivity contribution in [1.82, 2.24) is 14.8 Å². The average Bonchev–Trinajstić information content (AvgIpc) is 2.66. The van der Waals surface area contributed by atoms with Crippen LogP contribution >= 0.6 is 0 Å². The molecule has 0 aromatic carbocycles. The maximum absolute atomic E-state index is 12.8. The Morgan fingerprint density at radius 3 is 2.87 bits per heavy atom. The van der Waals surface area contributed by atoms with Crippen molar-refractivity contribution in [1.29, 1.82) is 0 Å². The molecule has 2 aromatic rings. The number of pyridine rings is 1. The number of nitrogens with zero attached hydrogens (tertiary/aromatic N) is 3. The lowest BCUT2D eigenvalue weighted by molar-refractivity contribution is 0.100. The number of amides is 1. The standard InChI is InChI=1S/C9H7FN4O/c10-7-2-1-3-8(13-7)14-5-6(4-12-14)9(11)15/h1-5H,(H2,11,15). The second-order valence-corrected chi connectivity index (χ2v) is 2.86. The van der Waals surface area contributed by atoms with Crippen molar-refractivity contribution < 1.29 is 9.18 Å². The number of primary amides is 1. The number of carbonyl (C=O) groups is 1. The number of halogens is 1. The molecule has 0 spiro atoms. The van der Waals surface area contributed by atoms with Gasteiger partial charge in [0.1, 0.15) is 0 Å². The van der Waals surface area contributed by atoms with Crippen molar-refractivity contribution >= 4 is 5.91 Å². The zero-order valence-electron chi connectivity index (χ0n) is 7.59. The summed E-state index contributed by atoms with van der Waals surface area (Å²) in [6, 6.07) is 4.30. The van der Waals surface area contributed by atoms with Gasteiger partial charge in [-0.2, -0.15) is 9.49 Å². The second-order valence-electron chi connectivity index (χ2n) is 2.86. The third-order valence-corrected chi connectivity index (χ3v) is 1.80. The van der Waals surface area contributed by atoms with Crippen molar-refractivity contribution in [3.8, 4) is 5.82 Å². The van der Waals surface area contributed by atoms with Gasteiger partial charge in [0.25, 0.3) is 5.91 Å². The summed E-state index contributed by atoms with van der Waals surface area (Å²) in [5, 5.41) is 3.84. The van der Waals surface area contributed by atoms with E-state index in [0.717, 1.165) is 0 Å². The van der Waals surface area contributed by atoms with Crippen LogP contribution in [0.5, 0.6) is 0 Å². The molecule has 2 aromatic heterocycles. The minimum atomic E-state index is -0.608. The van der Waals surface area contributed by atoms with Crippen LogP contribution < -0.4 is 5.73 Å². The summed E-state index contributed by atoms with van der Waals surface area (Å²) in [5.74, 6) is -0.899. The Labute approximate surface area is 84.3 Å². The van der Waals surface area contributed by atoms with Gasteiger partial charge in [-0.15, -0.1) is 0 Å². The topological polar surface area (TPSA) is 73.8 Å². The van der Waals surface area contributed by atoms with Crippen LogP contribution in [0.2, 0.25) is 0 Å². The second kappa shape index (κ2) is 3.49. The number of carbonyl (C=O) groups excluding carboxylic acids is 1. The molecule has 15 heavy (non-hydrogen) atoms. The predicted octanol–water partition coefficient (Wildman–Crippen LogP) is 0.505. The lowest BCUT2D eigenvalue weighted by Gasteiger charge is -1.98. The van der Waals surface area contributed by atoms with E-state index >= 15 is 0 Å². The van der Waals surface area contributed by atoms with Gasteiger partial charge < -0.3 is 5.73 Å². The monoisotopic (exact) mass is 206 g/mol. The number of hydrogen-bond acceptors (Lipinski definition) is 3. The Morgan fingerprint density at radius 1 is 1.47 bits per heavy atom. The van der Waals surface area contributed by atoms with E-state index in [1.165, 1.54) is 29.2 Å². The Bertz CT molecular complexity index is 508. The molecule has 2 heterocycles. The lowest BCUT2D eigenvalue weighted by atomic mass is 10.3. The summed E-state index contributed by atoms with van der Waals surface area (Å²) < 4.78 is 14.1. The van der Waals surface area contributed by atoms with E-state index in [1.807, 2.05) is 0 Å². The van der Waals surface area contributed by atoms with E-state index in [2.05, 4.69) is 10.1 Å². The molecule has 76 valence electrons. The van der Waals surface area contributed by atoms with Crippen LogP contribution in [0, 0.1) is 5.95 Å². The quantitative estimate of drug-likeness (QED) is 0.727. The molecule has 0 saturated heterocycles. The van der Waals surface area contributed by atoms with Gasteiger partial charge in [-0.3, -0.25) is 4.79 Å². The highest BCUT2D eigenvalue weighted by molar-refractivity contribution is 5.92. The summed E-state index contributed by atoms with van der Waals surface area (Å²) in [5.41, 5.74) is 5.30. The van der Waals surface area contributed by atoms with Gasteiger partial charge in [0.2, 0.25) is 5.95 Å². The molecule has 0 unspecified atom stereocenters. The first-order chi connectivity index (χ1) is 7.16. The van der Waals surface area contributed by atoms with Gasteiger partial charge in [-0.1, -0.05) is 6.07 Å². The first kappa shape index (κ1) is 9.32. The van der Waals surface area contributed by atoms with Crippen molar-refractivity contribution in [2.45, 2.75) is 0 Å². The maximum atomic E-state index is 12.8. The number of hydrogen-bond donors (Lipinski definition) is 1. The summed E-state index contributed by atoms with van der Waals surface area (Å²) in [6.45, 7) is 0. The average molecular weight is 206 g/mol. The molecule has 2 rings (SSSR count). The normalized spacial score (nSPS) is 10.2. The molecule has 5 nitrogen and oxygen atoms in total. The Balaban J connectivity index is 2.41. The molecule has 0 aliphatic heterocycles. The van der Waals surface area contributed by atoms with Crippen molar-refractivity contribution in [3.05, 3.63) is 42.1 Å². The molecule has 0 radical (unpaired) electrons. The van der Waals surface area contributed by atoms with E-state index in [9.17, 15) is 9.18 Å². The fourth-order valence-electron chi connectivity index (χ4n) is 1.10. The fourth-order valence-corrected chi connectivity index (χ4v) is 1.10. The van der Waals surface area contributed by atoms with E-state index in [4.69, 9.17) is 5.73 Å². The molecule has 2 N–H and O–H groups in total. The van der Waals surface area contributed by atoms with Crippen molar-refractivity contribution in [2.24, 2.45) is 5.73 Å². The molecule has 6 heteroatoms. The third-order valence-electron chi connectivity index (χ3n) is 1.80. The molecule has 0 atom stereocenters. The summed E-state index contributed by atoms with van der Waals surface area (Å²) >= 11 is 0. The van der Waals surface area contributed by atoms with E-state index in [0.29, 0.717) is 5.82 Å². The highest BCUT2D eigenvalue weighted by Gasteiger charge is 2.06. The Morgan fingerprint density at radius 2 is 2.27 bits per heavy atom. The molecular weight excluding hydrogens is 199 g/mol. The van der Waals surface area contributed by atoms with Crippen molar-refractivity contribution in [3.63, 3.8) is 0 Å². The van der Waals surface area contributed by atoms with Gasteiger partial charge >= 0.3 is 0 Å². The Kier molecular flexibility index (Phi) is 2.17. The highest BCUT2D eigenvalue weighted by atomic mass is 19.1. The zero-order valence-corrected chi connectivity index (χ0v) is 7.59. The van der Waals surface area contributed by atoms with E-state index in [1.54, 1.807) is 6.07 Å². The van der Waals surface area contributed by atoms with Gasteiger partial charge in [-0.25, -0.2) is 9.67 Å². The van der Waals surface area contributed by atoms with Gasteiger partial charge in [0.15, 0.2) is 5.82 Å². The van der Waals surface area contributed by atoms with Crippen LogP contribution in [0.4, 0.5) is 4.39 Å². The van der Waals surface area contributed by atoms with Crippen LogP contribution in [0.1, 0.15) is 10.4 Å². The molecule has 0 aliphatic carbocycles. The maximum Gasteiger partial charge on any atom is 0.251 e. The summed E-state index contributed by atoms with van der Waals surface area (Å²) in [6.07, 6.45) is 2.69. The number of rotatable bonds is 2. The lowest BCUT2D eigenvalue weighted by Crippen LogP contribution is -2.09. The largest absolute Gasteiger partial charge is 0.366 e. The van der Waals surface area contributed by atoms with Crippen LogP contribution in [0.25, 0.3) is 5.82 Å². The molecule has 1 amide bonds. The molecule has 0 fully saturated rings. The van der Waals surface area contributed by atoms with E-state index in [-0.39, 0.29) is 5.56 Å². The minimum Gasteiger partial charge on any atom is -0.366 e. The Hall–Kier alpha value is -2.24. The smallest absolute Gasteiger partial charge is 0.251 e. The zero-order chi connectivity index (χ0) is 10.8. The van der Waals surface area contributed by atoms with Crippen LogP contribution in [-0.4, -0.2) is 20.7 Å². The summed E-state index contributed by atoms with van der Waals surface area (Å²) in [7, 11) is 0. The number of nitrogens with two attached hydrogens (primary N) is 1. The molecule has 0 bridgehead atoms. The van der Waals surface area contributed by atoms with Crippen molar-refractivity contribution in [2.75, 3.05) is 0 Å². The van der Waals surface area contributed by atoms with E-state index < -0.39 is 11.9 Å². The first-order valence-electron chi connectivity index (χ1n) is 4.14. The third kappa shape index (κ3) is 1.83. The SMILES string of the molecule is NC(=O)c1cnn(-c2cccc(F)n2)c1. The minimum absolute atomic E-state index is 0.251. The molecule has 0 aliphatic rings. The van der Waals surface area contributed by atoms with Crippen LogP contribution in [0.15, 0.2) is 30.6 Å². The van der Waals surface area contributed by atoms with Gasteiger partial charge in [0, 0.05) is 6.20 Å². The van der Waals surface area contributed by atoms with Gasteiger partial charge in [0.05, 0.1) is 11.8 Å². The van der Waals surface area contributed by atoms with Gasteiger partial charge in [-0.05, 0) is 12.1 Å². The van der Waals surface area contributed by atoms with Crippen LogP contribution in [0.3, 0.4) is 0 Å². The number of aromatic nitrogens is 3. The fraction of sp³-hybridized carbons (Fsp3) is 0. The van der Waals surface area contributed by atoms with Crippen LogP contribution in [-0.2, 0) is 0 Å². The highest BCUT2D eigenvalue weighted by Crippen LogP contribution is 2.05. The summed E-state index contributed by atoms with van der Waals surface area (Å²) in [4.78, 5) is 14.4. The first-order valence-corrected chi connectivity index (χ1v) is 4.14.